The molecule has 1 N–H and O–H groups in total. The largest absolute Gasteiger partial charge is 0.222 e. The lowest BCUT2D eigenvalue weighted by Gasteiger charge is -2.17. The first-order chi connectivity index (χ1) is 5.39. The number of halogens is 2. The molecule has 0 fully saturated rings. The fraction of sp³-hybridized carbons (Fsp3) is 0. The SMILES string of the molecule is Clc1cc[nH+]cc1.[O-][Cl+3]([O-])([O-])[O-]. The Hall–Kier alpha value is -0.430. The Morgan fingerprint density at radius 3 is 1.58 bits per heavy atom. The molecule has 0 atom stereocenters. The van der Waals surface area contributed by atoms with Crippen LogP contribution in [0.1, 0.15) is 0 Å². The Morgan fingerprint density at radius 1 is 1.08 bits per heavy atom. The summed E-state index contributed by atoms with van der Waals surface area (Å²) in [5.41, 5.74) is 0. The third-order valence-corrected chi connectivity index (χ3v) is 0.930. The van der Waals surface area contributed by atoms with Gasteiger partial charge in [0.25, 0.3) is 0 Å². The van der Waals surface area contributed by atoms with E-state index in [0.29, 0.717) is 0 Å². The number of hydrogen-bond acceptors (Lipinski definition) is 4. The number of aromatic amines is 1. The maximum absolute atomic E-state index is 8.49. The zero-order valence-corrected chi connectivity index (χ0v) is 7.21. The van der Waals surface area contributed by atoms with Gasteiger partial charge >= 0.3 is 0 Å². The molecule has 1 rings (SSSR count). The zero-order chi connectivity index (χ0) is 9.61. The Labute approximate surface area is 75.6 Å². The Kier molecular flexibility index (Phi) is 5.07. The quantitative estimate of drug-likeness (QED) is 0.444. The van der Waals surface area contributed by atoms with Crippen LogP contribution in [0.3, 0.4) is 0 Å². The fourth-order valence-electron chi connectivity index (χ4n) is 0.367. The average Bonchev–Trinajstić information content (AvgIpc) is 1.85. The summed E-state index contributed by atoms with van der Waals surface area (Å²) in [7, 11) is -4.94. The molecule has 0 aromatic carbocycles. The van der Waals surface area contributed by atoms with Crippen LogP contribution in [-0.4, -0.2) is 0 Å². The summed E-state index contributed by atoms with van der Waals surface area (Å²) in [6, 6.07) is 3.59. The summed E-state index contributed by atoms with van der Waals surface area (Å²) in [5.74, 6) is 0. The molecule has 5 nitrogen and oxygen atoms in total. The third kappa shape index (κ3) is 12.3. The monoisotopic (exact) mass is 213 g/mol. The summed E-state index contributed by atoms with van der Waals surface area (Å²) in [6.45, 7) is 0. The van der Waals surface area contributed by atoms with Gasteiger partial charge in [0.15, 0.2) is 12.4 Å². The first kappa shape index (κ1) is 11.6. The van der Waals surface area contributed by atoms with Crippen LogP contribution in [0.25, 0.3) is 0 Å². The van der Waals surface area contributed by atoms with Gasteiger partial charge in [0.05, 0.1) is 5.02 Å². The van der Waals surface area contributed by atoms with Gasteiger partial charge in [0.2, 0.25) is 0 Å². The van der Waals surface area contributed by atoms with Crippen LogP contribution in [0.5, 0.6) is 0 Å². The van der Waals surface area contributed by atoms with Crippen molar-refractivity contribution in [3.8, 4) is 0 Å². The number of H-pyrrole nitrogens is 1. The second-order valence-corrected chi connectivity index (χ2v) is 2.79. The van der Waals surface area contributed by atoms with Crippen molar-refractivity contribution in [2.24, 2.45) is 0 Å². The highest BCUT2D eigenvalue weighted by atomic mass is 35.7. The van der Waals surface area contributed by atoms with Crippen molar-refractivity contribution in [1.29, 1.82) is 0 Å². The van der Waals surface area contributed by atoms with Crippen LogP contribution in [-0.2, 0) is 0 Å². The van der Waals surface area contributed by atoms with Crippen molar-refractivity contribution in [2.75, 3.05) is 0 Å². The molecule has 0 radical (unpaired) electrons. The number of aromatic nitrogens is 1. The highest BCUT2D eigenvalue weighted by molar-refractivity contribution is 6.30. The highest BCUT2D eigenvalue weighted by Gasteiger charge is 1.84. The molecule has 0 saturated carbocycles. The van der Waals surface area contributed by atoms with Crippen LogP contribution >= 0.6 is 11.6 Å². The summed E-state index contributed by atoms with van der Waals surface area (Å²) >= 11 is 5.52. The minimum absolute atomic E-state index is 0.763. The second kappa shape index (κ2) is 5.26. The summed E-state index contributed by atoms with van der Waals surface area (Å²) in [6.07, 6.45) is 3.56. The molecule has 7 heteroatoms. The topological polar surface area (TPSA) is 106 Å². The van der Waals surface area contributed by atoms with Gasteiger partial charge in [-0.3, -0.25) is 0 Å². The van der Waals surface area contributed by atoms with E-state index in [9.17, 15) is 0 Å². The molecule has 0 aliphatic heterocycles. The van der Waals surface area contributed by atoms with Gasteiger partial charge in [-0.05, 0) is 0 Å². The Morgan fingerprint density at radius 2 is 1.42 bits per heavy atom. The molecule has 0 spiro atoms. The fourth-order valence-corrected chi connectivity index (χ4v) is 0.493. The summed E-state index contributed by atoms with van der Waals surface area (Å²) in [5, 5.41) is 0.763. The highest BCUT2D eigenvalue weighted by Crippen LogP contribution is 2.00. The molecule has 1 heterocycles. The molecule has 0 aliphatic rings. The third-order valence-electron chi connectivity index (χ3n) is 0.678. The van der Waals surface area contributed by atoms with E-state index in [0.717, 1.165) is 5.02 Å². The van der Waals surface area contributed by atoms with Gasteiger partial charge < -0.3 is 0 Å². The number of nitrogens with one attached hydrogen (secondary N) is 1. The van der Waals surface area contributed by atoms with Crippen LogP contribution in [0.2, 0.25) is 5.02 Å². The maximum Gasteiger partial charge on any atom is 0.168 e. The Balaban J connectivity index is 0.000000217. The molecule has 0 saturated heterocycles. The van der Waals surface area contributed by atoms with E-state index in [2.05, 4.69) is 4.98 Å². The van der Waals surface area contributed by atoms with Crippen LogP contribution in [0, 0.1) is 10.2 Å². The van der Waals surface area contributed by atoms with Crippen molar-refractivity contribution in [1.82, 2.24) is 0 Å². The van der Waals surface area contributed by atoms with Crippen molar-refractivity contribution in [3.05, 3.63) is 29.5 Å². The Bertz CT molecular complexity index is 206. The standard InChI is InChI=1S/C5H4ClN.ClHO4/c6-5-1-3-7-4-2-5;2-1(3,4)5/h1-4H;(H,2,3,4,5). The zero-order valence-electron chi connectivity index (χ0n) is 5.70. The summed E-state index contributed by atoms with van der Waals surface area (Å²) in [4.78, 5) is 2.85. The minimum Gasteiger partial charge on any atom is -0.222 e. The molecule has 68 valence electrons. The first-order valence-corrected chi connectivity index (χ1v) is 4.24. The lowest BCUT2D eigenvalue weighted by Crippen LogP contribution is -2.68. The number of rotatable bonds is 0. The predicted molar refractivity (Wildman–Crippen MR) is 28.0 cm³/mol. The summed E-state index contributed by atoms with van der Waals surface area (Å²) < 4.78 is 34.0. The van der Waals surface area contributed by atoms with E-state index in [4.69, 9.17) is 30.2 Å². The molecule has 0 unspecified atom stereocenters. The first-order valence-electron chi connectivity index (χ1n) is 2.63. The number of hydrogen-bond donors (Lipinski definition) is 0. The molecular weight excluding hydrogens is 209 g/mol. The van der Waals surface area contributed by atoms with Gasteiger partial charge in [-0.15, -0.1) is 10.2 Å². The van der Waals surface area contributed by atoms with E-state index in [1.807, 2.05) is 0 Å². The van der Waals surface area contributed by atoms with E-state index in [1.54, 1.807) is 24.5 Å². The van der Waals surface area contributed by atoms with Crippen molar-refractivity contribution >= 4 is 11.6 Å². The van der Waals surface area contributed by atoms with Gasteiger partial charge in [0, 0.05) is 12.1 Å². The molecule has 0 bridgehead atoms. The van der Waals surface area contributed by atoms with Gasteiger partial charge in [-0.1, -0.05) is 11.6 Å². The molecule has 12 heavy (non-hydrogen) atoms. The molecule has 0 aliphatic carbocycles. The van der Waals surface area contributed by atoms with Crippen LogP contribution in [0.4, 0.5) is 0 Å². The molecular formula is C5H5Cl2NO4. The van der Waals surface area contributed by atoms with Crippen molar-refractivity contribution in [3.63, 3.8) is 0 Å². The smallest absolute Gasteiger partial charge is 0.168 e. The van der Waals surface area contributed by atoms with E-state index < -0.39 is 10.2 Å². The van der Waals surface area contributed by atoms with Crippen molar-refractivity contribution < 1.29 is 33.9 Å². The molecule has 0 amide bonds. The average molecular weight is 214 g/mol. The van der Waals surface area contributed by atoms with E-state index in [1.165, 1.54) is 0 Å². The van der Waals surface area contributed by atoms with Crippen molar-refractivity contribution in [2.45, 2.75) is 0 Å². The molecule has 1 aromatic heterocycles. The van der Waals surface area contributed by atoms with E-state index in [-0.39, 0.29) is 0 Å². The lowest BCUT2D eigenvalue weighted by atomic mass is 10.5. The van der Waals surface area contributed by atoms with Gasteiger partial charge in [-0.25, -0.2) is 23.6 Å². The normalized spacial score (nSPS) is 10.1. The lowest BCUT2D eigenvalue weighted by molar-refractivity contribution is -2.00. The van der Waals surface area contributed by atoms with E-state index >= 15 is 0 Å². The van der Waals surface area contributed by atoms with Crippen LogP contribution < -0.4 is 23.6 Å². The van der Waals surface area contributed by atoms with Gasteiger partial charge in [0.1, 0.15) is 0 Å². The maximum atomic E-state index is 8.49. The van der Waals surface area contributed by atoms with Gasteiger partial charge in [-0.2, -0.15) is 0 Å². The van der Waals surface area contributed by atoms with Crippen LogP contribution in [0.15, 0.2) is 24.5 Å². The second-order valence-electron chi connectivity index (χ2n) is 1.60. The predicted octanol–water partition coefficient (Wildman–Crippen LogP) is -3.60. The number of pyridine rings is 1. The minimum atomic E-state index is -4.94. The molecule has 1 aromatic rings.